The first-order chi connectivity index (χ1) is 11.9. The highest BCUT2D eigenvalue weighted by atomic mass is 32.2. The molecule has 0 unspecified atom stereocenters. The molecule has 5 rings (SSSR count). The number of piperidine rings is 1. The molecule has 0 spiro atoms. The van der Waals surface area contributed by atoms with E-state index in [0.717, 1.165) is 31.4 Å². The molecule has 0 saturated carbocycles. The van der Waals surface area contributed by atoms with Gasteiger partial charge in [-0.05, 0) is 30.9 Å². The van der Waals surface area contributed by atoms with Gasteiger partial charge in [0.2, 0.25) is 10.0 Å². The van der Waals surface area contributed by atoms with E-state index in [1.807, 2.05) is 18.2 Å². The molecule has 3 aliphatic rings. The summed E-state index contributed by atoms with van der Waals surface area (Å²) in [6.07, 6.45) is 3.37. The maximum atomic E-state index is 12.1. The number of hydrogen-bond donors (Lipinski definition) is 0. The summed E-state index contributed by atoms with van der Waals surface area (Å²) in [6, 6.07) is 7.66. The average molecular weight is 365 g/mol. The number of benzene rings is 1. The van der Waals surface area contributed by atoms with Crippen molar-refractivity contribution in [3.05, 3.63) is 34.8 Å². The number of oxazole rings is 1. The molecule has 1 aromatic heterocycles. The van der Waals surface area contributed by atoms with Gasteiger partial charge < -0.3 is 4.42 Å². The van der Waals surface area contributed by atoms with E-state index in [0.29, 0.717) is 31.1 Å². The molecule has 7 nitrogen and oxygen atoms in total. The SMILES string of the molecule is CS(=O)(=O)N1C[C@H]2CC[C@@H](C1)N(CCn1c(=O)oc3ccccc31)C2. The molecule has 25 heavy (non-hydrogen) atoms. The molecule has 3 aliphatic heterocycles. The lowest BCUT2D eigenvalue weighted by atomic mass is 9.95. The third-order valence-corrected chi connectivity index (χ3v) is 6.68. The second kappa shape index (κ2) is 6.26. The molecule has 0 radical (unpaired) electrons. The van der Waals surface area contributed by atoms with Gasteiger partial charge in [-0.3, -0.25) is 9.47 Å². The lowest BCUT2D eigenvalue weighted by Crippen LogP contribution is -2.46. The fraction of sp³-hybridized carbons (Fsp3) is 0.588. The van der Waals surface area contributed by atoms with Crippen LogP contribution in [-0.4, -0.2) is 60.7 Å². The van der Waals surface area contributed by atoms with E-state index in [2.05, 4.69) is 4.90 Å². The summed E-state index contributed by atoms with van der Waals surface area (Å²) in [6.45, 7) is 3.33. The van der Waals surface area contributed by atoms with Crippen LogP contribution in [0.25, 0.3) is 11.1 Å². The van der Waals surface area contributed by atoms with Crippen molar-refractivity contribution in [1.29, 1.82) is 0 Å². The first-order valence-electron chi connectivity index (χ1n) is 8.69. The van der Waals surface area contributed by atoms with Gasteiger partial charge in [-0.2, -0.15) is 0 Å². The van der Waals surface area contributed by atoms with Gasteiger partial charge in [0.15, 0.2) is 5.58 Å². The van der Waals surface area contributed by atoms with Gasteiger partial charge in [-0.25, -0.2) is 17.5 Å². The van der Waals surface area contributed by atoms with Crippen LogP contribution in [0, 0.1) is 5.92 Å². The molecule has 0 amide bonds. The van der Waals surface area contributed by atoms with E-state index in [9.17, 15) is 13.2 Å². The number of sulfonamides is 1. The van der Waals surface area contributed by atoms with Gasteiger partial charge >= 0.3 is 5.76 Å². The second-order valence-electron chi connectivity index (χ2n) is 7.16. The van der Waals surface area contributed by atoms with Crippen LogP contribution in [0.2, 0.25) is 0 Å². The third-order valence-electron chi connectivity index (χ3n) is 5.45. The van der Waals surface area contributed by atoms with Gasteiger partial charge in [0, 0.05) is 38.8 Å². The van der Waals surface area contributed by atoms with Crippen LogP contribution < -0.4 is 5.76 Å². The van der Waals surface area contributed by atoms with Crippen LogP contribution in [0.15, 0.2) is 33.5 Å². The van der Waals surface area contributed by atoms with Crippen LogP contribution >= 0.6 is 0 Å². The molecule has 2 bridgehead atoms. The number of para-hydroxylation sites is 2. The fourth-order valence-electron chi connectivity index (χ4n) is 4.13. The second-order valence-corrected chi connectivity index (χ2v) is 9.14. The van der Waals surface area contributed by atoms with E-state index in [1.54, 1.807) is 14.9 Å². The quantitative estimate of drug-likeness (QED) is 0.806. The van der Waals surface area contributed by atoms with Crippen molar-refractivity contribution in [1.82, 2.24) is 13.8 Å². The van der Waals surface area contributed by atoms with Crippen molar-refractivity contribution in [3.63, 3.8) is 0 Å². The van der Waals surface area contributed by atoms with Crippen LogP contribution in [0.5, 0.6) is 0 Å². The molecule has 1 aromatic carbocycles. The Bertz CT molecular complexity index is 933. The maximum absolute atomic E-state index is 12.1. The number of aromatic nitrogens is 1. The third kappa shape index (κ3) is 3.26. The first kappa shape index (κ1) is 16.8. The maximum Gasteiger partial charge on any atom is 0.419 e. The van der Waals surface area contributed by atoms with Crippen LogP contribution in [0.3, 0.4) is 0 Å². The molecule has 4 heterocycles. The molecule has 0 aliphatic carbocycles. The zero-order valence-electron chi connectivity index (χ0n) is 14.3. The molecule has 3 saturated heterocycles. The fourth-order valence-corrected chi connectivity index (χ4v) is 5.06. The Balaban J connectivity index is 1.52. The van der Waals surface area contributed by atoms with E-state index in [4.69, 9.17) is 4.42 Å². The van der Waals surface area contributed by atoms with Crippen molar-refractivity contribution in [2.45, 2.75) is 25.4 Å². The van der Waals surface area contributed by atoms with Crippen LogP contribution in [0.1, 0.15) is 12.8 Å². The van der Waals surface area contributed by atoms with Gasteiger partial charge in [0.25, 0.3) is 0 Å². The van der Waals surface area contributed by atoms with E-state index < -0.39 is 10.0 Å². The highest BCUT2D eigenvalue weighted by Crippen LogP contribution is 2.29. The smallest absolute Gasteiger partial charge is 0.408 e. The number of nitrogens with zero attached hydrogens (tertiary/aromatic N) is 3. The summed E-state index contributed by atoms with van der Waals surface area (Å²) in [5.74, 6) is 0.0326. The lowest BCUT2D eigenvalue weighted by molar-refractivity contribution is 0.128. The molecule has 2 atom stereocenters. The summed E-state index contributed by atoms with van der Waals surface area (Å²) in [5.41, 5.74) is 1.42. The lowest BCUT2D eigenvalue weighted by Gasteiger charge is -2.36. The summed E-state index contributed by atoms with van der Waals surface area (Å²) < 4.78 is 32.5. The molecule has 8 heteroatoms. The largest absolute Gasteiger partial charge is 0.419 e. The normalized spacial score (nSPS) is 25.5. The molecule has 136 valence electrons. The monoisotopic (exact) mass is 365 g/mol. The summed E-state index contributed by atoms with van der Waals surface area (Å²) in [7, 11) is -3.16. The van der Waals surface area contributed by atoms with Crippen molar-refractivity contribution < 1.29 is 12.8 Å². The Morgan fingerprint density at radius 2 is 1.92 bits per heavy atom. The predicted octanol–water partition coefficient (Wildman–Crippen LogP) is 0.950. The minimum atomic E-state index is -3.16. The number of fused-ring (bicyclic) bond motifs is 5. The number of rotatable bonds is 4. The topological polar surface area (TPSA) is 75.8 Å². The first-order valence-corrected chi connectivity index (χ1v) is 10.5. The van der Waals surface area contributed by atoms with Crippen LogP contribution in [0.4, 0.5) is 0 Å². The van der Waals surface area contributed by atoms with Crippen molar-refractivity contribution in [3.8, 4) is 0 Å². The Morgan fingerprint density at radius 1 is 1.12 bits per heavy atom. The van der Waals surface area contributed by atoms with Crippen LogP contribution in [-0.2, 0) is 16.6 Å². The van der Waals surface area contributed by atoms with Crippen molar-refractivity contribution in [2.24, 2.45) is 5.92 Å². The molecular formula is C17H23N3O4S. The summed E-state index contributed by atoms with van der Waals surface area (Å²) >= 11 is 0. The van der Waals surface area contributed by atoms with Gasteiger partial charge in [0.05, 0.1) is 11.8 Å². The van der Waals surface area contributed by atoms with Gasteiger partial charge in [-0.1, -0.05) is 12.1 Å². The Kier molecular flexibility index (Phi) is 4.21. The molecule has 3 fully saturated rings. The Labute approximate surface area is 146 Å². The average Bonchev–Trinajstić information content (AvgIpc) is 2.72. The highest BCUT2D eigenvalue weighted by molar-refractivity contribution is 7.88. The minimum absolute atomic E-state index is 0.224. The van der Waals surface area contributed by atoms with E-state index in [-0.39, 0.29) is 11.8 Å². The van der Waals surface area contributed by atoms with E-state index >= 15 is 0 Å². The minimum Gasteiger partial charge on any atom is -0.408 e. The standard InChI is InChI=1S/C17H23N3O4S/c1-25(22,23)19-11-13-6-7-14(12-19)18(10-13)8-9-20-15-4-2-3-5-16(15)24-17(20)21/h2-5,13-14H,6-12H2,1H3/t13-,14-/m0/s1. The molecule has 0 N–H and O–H groups in total. The van der Waals surface area contributed by atoms with E-state index in [1.165, 1.54) is 6.26 Å². The Morgan fingerprint density at radius 3 is 2.72 bits per heavy atom. The highest BCUT2D eigenvalue weighted by Gasteiger charge is 2.37. The predicted molar refractivity (Wildman–Crippen MR) is 95.0 cm³/mol. The summed E-state index contributed by atoms with van der Waals surface area (Å²) in [4.78, 5) is 14.5. The molecule has 2 aromatic rings. The van der Waals surface area contributed by atoms with Gasteiger partial charge in [-0.15, -0.1) is 0 Å². The van der Waals surface area contributed by atoms with Crippen molar-refractivity contribution >= 4 is 21.1 Å². The zero-order chi connectivity index (χ0) is 17.6. The Hall–Kier alpha value is -1.64. The van der Waals surface area contributed by atoms with Gasteiger partial charge in [0.1, 0.15) is 0 Å². The zero-order valence-corrected chi connectivity index (χ0v) is 15.1. The van der Waals surface area contributed by atoms with Crippen molar-refractivity contribution in [2.75, 3.05) is 32.4 Å². The summed E-state index contributed by atoms with van der Waals surface area (Å²) in [5, 5.41) is 0. The molecular weight excluding hydrogens is 342 g/mol. The number of hydrogen-bond acceptors (Lipinski definition) is 5.